The minimum atomic E-state index is -0.611. The molecule has 1 saturated heterocycles. The number of H-pyrrole nitrogens is 1. The van der Waals surface area contributed by atoms with E-state index in [1.807, 2.05) is 26.8 Å². The summed E-state index contributed by atoms with van der Waals surface area (Å²) in [5.74, 6) is -0.548. The van der Waals surface area contributed by atoms with E-state index in [1.54, 1.807) is 38.7 Å². The third-order valence-corrected chi connectivity index (χ3v) is 6.79. The number of aromatic nitrogens is 5. The average molecular weight is 504 g/mol. The van der Waals surface area contributed by atoms with Gasteiger partial charge in [-0.15, -0.1) is 0 Å². The normalized spacial score (nSPS) is 15.5. The number of amides is 2. The molecule has 1 aliphatic rings. The zero-order valence-electron chi connectivity index (χ0n) is 21.6. The first kappa shape index (κ1) is 24.6. The summed E-state index contributed by atoms with van der Waals surface area (Å²) in [6.07, 6.45) is 1.65. The Morgan fingerprint density at radius 3 is 2.41 bits per heavy atom. The topological polar surface area (TPSA) is 99.5 Å². The van der Waals surface area contributed by atoms with Gasteiger partial charge in [-0.25, -0.2) is 13.9 Å². The van der Waals surface area contributed by atoms with Crippen molar-refractivity contribution in [3.63, 3.8) is 0 Å². The van der Waals surface area contributed by atoms with Crippen molar-refractivity contribution in [1.29, 1.82) is 0 Å². The fraction of sp³-hybridized carbons (Fsp3) is 0.370. The van der Waals surface area contributed by atoms with E-state index in [9.17, 15) is 14.0 Å². The van der Waals surface area contributed by atoms with Crippen LogP contribution in [0, 0.1) is 12.7 Å². The van der Waals surface area contributed by atoms with Crippen LogP contribution in [-0.4, -0.2) is 71.6 Å². The average Bonchev–Trinajstić information content (AvgIpc) is 3.48. The molecule has 0 aliphatic carbocycles. The molecule has 4 aromatic rings. The smallest absolute Gasteiger partial charge is 0.274 e. The van der Waals surface area contributed by atoms with Gasteiger partial charge in [0.25, 0.3) is 11.8 Å². The van der Waals surface area contributed by atoms with Crippen molar-refractivity contribution in [2.75, 3.05) is 19.6 Å². The van der Waals surface area contributed by atoms with Gasteiger partial charge in [0.15, 0.2) is 5.65 Å². The molecule has 37 heavy (non-hydrogen) atoms. The number of carbonyl (C=O) groups is 2. The molecule has 0 atom stereocenters. The lowest BCUT2D eigenvalue weighted by Crippen LogP contribution is -2.62. The van der Waals surface area contributed by atoms with Crippen LogP contribution in [-0.2, 0) is 0 Å². The highest BCUT2D eigenvalue weighted by atomic mass is 19.1. The third-order valence-electron chi connectivity index (χ3n) is 6.79. The first-order chi connectivity index (χ1) is 17.5. The van der Waals surface area contributed by atoms with Crippen molar-refractivity contribution >= 4 is 17.5 Å². The lowest BCUT2D eigenvalue weighted by Gasteiger charge is -2.46. The molecule has 1 aromatic carbocycles. The van der Waals surface area contributed by atoms with E-state index in [2.05, 4.69) is 34.1 Å². The number of nitrogens with zero attached hydrogens (tertiary/aromatic N) is 6. The van der Waals surface area contributed by atoms with Crippen molar-refractivity contribution < 1.29 is 14.0 Å². The second kappa shape index (κ2) is 9.10. The van der Waals surface area contributed by atoms with Gasteiger partial charge in [0.2, 0.25) is 0 Å². The number of aromatic amines is 1. The summed E-state index contributed by atoms with van der Waals surface area (Å²) < 4.78 is 15.1. The highest BCUT2D eigenvalue weighted by Crippen LogP contribution is 2.28. The largest absolute Gasteiger partial charge is 0.333 e. The SMILES string of the molecule is Cc1cc(C(=O)N2CCN(C(=O)c3cn4nc(-c5ccc(F)cc5)cc(C(C)C)c4n3)C(C)(C)C2)n[nH]1. The van der Waals surface area contributed by atoms with Crippen molar-refractivity contribution in [1.82, 2.24) is 34.6 Å². The Hall–Kier alpha value is -4.08. The summed E-state index contributed by atoms with van der Waals surface area (Å²) in [6.45, 7) is 11.0. The first-order valence-corrected chi connectivity index (χ1v) is 12.3. The molecule has 1 aliphatic heterocycles. The van der Waals surface area contributed by atoms with Gasteiger partial charge in [-0.2, -0.15) is 10.2 Å². The summed E-state index contributed by atoms with van der Waals surface area (Å²) in [4.78, 5) is 34.8. The van der Waals surface area contributed by atoms with Crippen LogP contribution < -0.4 is 0 Å². The van der Waals surface area contributed by atoms with Crippen LogP contribution in [0.1, 0.15) is 65.8 Å². The van der Waals surface area contributed by atoms with Crippen LogP contribution in [0.15, 0.2) is 42.6 Å². The Morgan fingerprint density at radius 1 is 1.05 bits per heavy atom. The summed E-state index contributed by atoms with van der Waals surface area (Å²) >= 11 is 0. The van der Waals surface area contributed by atoms with E-state index in [0.717, 1.165) is 16.8 Å². The van der Waals surface area contributed by atoms with Crippen molar-refractivity contribution in [2.24, 2.45) is 0 Å². The van der Waals surface area contributed by atoms with Crippen LogP contribution in [0.25, 0.3) is 16.9 Å². The van der Waals surface area contributed by atoms with Gasteiger partial charge in [0.1, 0.15) is 17.2 Å². The van der Waals surface area contributed by atoms with Gasteiger partial charge in [-0.1, -0.05) is 13.8 Å². The Balaban J connectivity index is 1.43. The van der Waals surface area contributed by atoms with E-state index in [4.69, 9.17) is 0 Å². The summed E-state index contributed by atoms with van der Waals surface area (Å²) in [6, 6.07) is 9.84. The van der Waals surface area contributed by atoms with Crippen molar-refractivity contribution in [3.8, 4) is 11.3 Å². The summed E-state index contributed by atoms with van der Waals surface area (Å²) in [5, 5.41) is 11.6. The lowest BCUT2D eigenvalue weighted by molar-refractivity contribution is 0.0163. The number of hydrogen-bond donors (Lipinski definition) is 1. The van der Waals surface area contributed by atoms with E-state index < -0.39 is 5.54 Å². The van der Waals surface area contributed by atoms with Gasteiger partial charge < -0.3 is 9.80 Å². The predicted molar refractivity (Wildman–Crippen MR) is 137 cm³/mol. The predicted octanol–water partition coefficient (Wildman–Crippen LogP) is 4.07. The summed E-state index contributed by atoms with van der Waals surface area (Å²) in [5.41, 5.74) is 3.88. The number of nitrogens with one attached hydrogen (secondary N) is 1. The van der Waals surface area contributed by atoms with E-state index in [1.165, 1.54) is 12.1 Å². The standard InChI is InChI=1S/C27H30FN7O2/c1-16(2)20-13-21(18-6-8-19(28)9-7-18)32-35-14-23(29-24(20)35)26(37)34-11-10-33(15-27(34,4)5)25(36)22-12-17(3)30-31-22/h6-9,12-14,16H,10-11,15H2,1-5H3,(H,30,31). The fourth-order valence-corrected chi connectivity index (χ4v) is 4.82. The minimum Gasteiger partial charge on any atom is -0.333 e. The van der Waals surface area contributed by atoms with Gasteiger partial charge >= 0.3 is 0 Å². The molecule has 10 heteroatoms. The van der Waals surface area contributed by atoms with Gasteiger partial charge in [-0.3, -0.25) is 14.7 Å². The summed E-state index contributed by atoms with van der Waals surface area (Å²) in [7, 11) is 0. The molecule has 4 heterocycles. The molecule has 2 amide bonds. The maximum Gasteiger partial charge on any atom is 0.274 e. The third kappa shape index (κ3) is 4.59. The molecule has 5 rings (SSSR count). The molecule has 0 spiro atoms. The molecular weight excluding hydrogens is 473 g/mol. The number of carbonyl (C=O) groups excluding carboxylic acids is 2. The Kier molecular flexibility index (Phi) is 6.05. The quantitative estimate of drug-likeness (QED) is 0.453. The Bertz CT molecular complexity index is 1490. The van der Waals surface area contributed by atoms with E-state index in [0.29, 0.717) is 42.4 Å². The fourth-order valence-electron chi connectivity index (χ4n) is 4.82. The van der Waals surface area contributed by atoms with Crippen LogP contribution in [0.5, 0.6) is 0 Å². The lowest BCUT2D eigenvalue weighted by atomic mass is 9.98. The molecule has 0 saturated carbocycles. The minimum absolute atomic E-state index is 0.131. The number of aryl methyl sites for hydroxylation is 1. The zero-order valence-corrected chi connectivity index (χ0v) is 21.6. The maximum absolute atomic E-state index is 13.7. The zero-order chi connectivity index (χ0) is 26.5. The second-order valence-corrected chi connectivity index (χ2v) is 10.5. The van der Waals surface area contributed by atoms with Crippen LogP contribution in [0.2, 0.25) is 0 Å². The maximum atomic E-state index is 13.7. The molecule has 0 radical (unpaired) electrons. The number of fused-ring (bicyclic) bond motifs is 1. The van der Waals surface area contributed by atoms with Crippen LogP contribution in [0.3, 0.4) is 0 Å². The molecule has 192 valence electrons. The molecule has 1 fully saturated rings. The molecule has 1 N–H and O–H groups in total. The number of hydrogen-bond acceptors (Lipinski definition) is 5. The monoisotopic (exact) mass is 503 g/mol. The van der Waals surface area contributed by atoms with Gasteiger partial charge in [0, 0.05) is 36.5 Å². The number of rotatable bonds is 4. The number of imidazole rings is 1. The second-order valence-electron chi connectivity index (χ2n) is 10.5. The first-order valence-electron chi connectivity index (χ1n) is 12.3. The molecule has 3 aromatic heterocycles. The number of halogens is 1. The van der Waals surface area contributed by atoms with Crippen molar-refractivity contribution in [3.05, 3.63) is 71.1 Å². The van der Waals surface area contributed by atoms with E-state index >= 15 is 0 Å². The van der Waals surface area contributed by atoms with Crippen LogP contribution in [0.4, 0.5) is 4.39 Å². The van der Waals surface area contributed by atoms with Gasteiger partial charge in [-0.05, 0) is 63.1 Å². The van der Waals surface area contributed by atoms with Crippen LogP contribution >= 0.6 is 0 Å². The molecular formula is C27H30FN7O2. The Labute approximate surface area is 214 Å². The number of piperazine rings is 1. The van der Waals surface area contributed by atoms with E-state index in [-0.39, 0.29) is 23.5 Å². The van der Waals surface area contributed by atoms with Crippen molar-refractivity contribution in [2.45, 2.75) is 46.1 Å². The highest BCUT2D eigenvalue weighted by Gasteiger charge is 2.40. The Morgan fingerprint density at radius 2 is 1.78 bits per heavy atom. The highest BCUT2D eigenvalue weighted by molar-refractivity contribution is 5.95. The molecule has 9 nitrogen and oxygen atoms in total. The number of benzene rings is 1. The molecule has 0 unspecified atom stereocenters. The van der Waals surface area contributed by atoms with Gasteiger partial charge in [0.05, 0.1) is 17.4 Å². The molecule has 0 bridgehead atoms.